The highest BCUT2D eigenvalue weighted by molar-refractivity contribution is 5.21. The fourth-order valence-corrected chi connectivity index (χ4v) is 4.04. The van der Waals surface area contributed by atoms with Crippen molar-refractivity contribution in [3.8, 4) is 0 Å². The fraction of sp³-hybridized carbons (Fsp3) is 0.667. The zero-order chi connectivity index (χ0) is 13.9. The van der Waals surface area contributed by atoms with Crippen LogP contribution in [0, 0.1) is 17.7 Å². The predicted octanol–water partition coefficient (Wildman–Crippen LogP) is 4.44. The van der Waals surface area contributed by atoms with Crippen molar-refractivity contribution in [2.24, 2.45) is 11.8 Å². The van der Waals surface area contributed by atoms with Crippen molar-refractivity contribution in [3.63, 3.8) is 0 Å². The summed E-state index contributed by atoms with van der Waals surface area (Å²) in [7, 11) is 0. The van der Waals surface area contributed by atoms with Gasteiger partial charge in [-0.2, -0.15) is 0 Å². The molecule has 0 N–H and O–H groups in total. The van der Waals surface area contributed by atoms with Gasteiger partial charge in [-0.05, 0) is 74.2 Å². The third-order valence-electron chi connectivity index (χ3n) is 5.25. The van der Waals surface area contributed by atoms with E-state index in [2.05, 4.69) is 11.8 Å². The van der Waals surface area contributed by atoms with Crippen LogP contribution in [0.25, 0.3) is 0 Å². The molecular formula is C18H26FN. The Bertz CT molecular complexity index is 420. The third kappa shape index (κ3) is 3.41. The summed E-state index contributed by atoms with van der Waals surface area (Å²) in [5.74, 6) is 2.39. The maximum absolute atomic E-state index is 13.0. The van der Waals surface area contributed by atoms with Crippen LogP contribution in [-0.2, 0) is 0 Å². The van der Waals surface area contributed by atoms with E-state index in [1.165, 1.54) is 57.3 Å². The summed E-state index contributed by atoms with van der Waals surface area (Å²) in [6.07, 6.45) is 6.75. The smallest absolute Gasteiger partial charge is 0.123 e. The van der Waals surface area contributed by atoms with Crippen LogP contribution in [-0.4, -0.2) is 24.5 Å². The number of halogens is 1. The van der Waals surface area contributed by atoms with Crippen LogP contribution in [0.5, 0.6) is 0 Å². The zero-order valence-corrected chi connectivity index (χ0v) is 12.5. The molecule has 1 aliphatic carbocycles. The molecule has 20 heavy (non-hydrogen) atoms. The van der Waals surface area contributed by atoms with Gasteiger partial charge in [-0.25, -0.2) is 4.39 Å². The number of piperidine rings is 1. The van der Waals surface area contributed by atoms with E-state index in [4.69, 9.17) is 0 Å². The summed E-state index contributed by atoms with van der Waals surface area (Å²) < 4.78 is 13.0. The van der Waals surface area contributed by atoms with Crippen LogP contribution >= 0.6 is 0 Å². The number of nitrogens with zero attached hydrogens (tertiary/aromatic N) is 1. The van der Waals surface area contributed by atoms with Gasteiger partial charge in [-0.3, -0.25) is 0 Å². The second-order valence-electron chi connectivity index (χ2n) is 6.91. The van der Waals surface area contributed by atoms with Crippen molar-refractivity contribution in [2.45, 2.75) is 44.9 Å². The molecule has 110 valence electrons. The molecule has 2 atom stereocenters. The maximum atomic E-state index is 13.0. The number of likely N-dealkylation sites (tertiary alicyclic amines) is 1. The van der Waals surface area contributed by atoms with E-state index < -0.39 is 0 Å². The van der Waals surface area contributed by atoms with Crippen molar-refractivity contribution < 1.29 is 4.39 Å². The normalized spacial score (nSPS) is 28.9. The minimum atomic E-state index is -0.124. The molecule has 0 spiro atoms. The van der Waals surface area contributed by atoms with Gasteiger partial charge in [0.15, 0.2) is 0 Å². The minimum Gasteiger partial charge on any atom is -0.303 e. The molecule has 0 aromatic heterocycles. The number of rotatable bonds is 3. The molecule has 1 aliphatic heterocycles. The van der Waals surface area contributed by atoms with Crippen molar-refractivity contribution in [2.75, 3.05) is 19.6 Å². The lowest BCUT2D eigenvalue weighted by atomic mass is 9.89. The van der Waals surface area contributed by atoms with Crippen LogP contribution < -0.4 is 0 Å². The van der Waals surface area contributed by atoms with Gasteiger partial charge in [-0.1, -0.05) is 25.5 Å². The lowest BCUT2D eigenvalue weighted by molar-refractivity contribution is 0.182. The van der Waals surface area contributed by atoms with Crippen molar-refractivity contribution in [3.05, 3.63) is 35.6 Å². The SMILES string of the molecule is CC1CC[C@@H](CN2CCC(c3ccc(F)cc3)CC2)C1. The summed E-state index contributed by atoms with van der Waals surface area (Å²) in [6.45, 7) is 6.13. The molecule has 1 saturated heterocycles. The van der Waals surface area contributed by atoms with E-state index in [-0.39, 0.29) is 5.82 Å². The molecule has 1 heterocycles. The third-order valence-corrected chi connectivity index (χ3v) is 5.25. The molecule has 1 aromatic carbocycles. The van der Waals surface area contributed by atoms with Gasteiger partial charge in [-0.15, -0.1) is 0 Å². The van der Waals surface area contributed by atoms with E-state index in [9.17, 15) is 4.39 Å². The summed E-state index contributed by atoms with van der Waals surface area (Å²) in [6, 6.07) is 7.13. The minimum absolute atomic E-state index is 0.124. The van der Waals surface area contributed by atoms with Crippen LogP contribution in [0.3, 0.4) is 0 Å². The monoisotopic (exact) mass is 275 g/mol. The lowest BCUT2D eigenvalue weighted by Gasteiger charge is -2.33. The molecule has 1 unspecified atom stereocenters. The van der Waals surface area contributed by atoms with Gasteiger partial charge >= 0.3 is 0 Å². The molecular weight excluding hydrogens is 249 g/mol. The molecule has 2 aliphatic rings. The standard InChI is InChI=1S/C18H26FN/c1-14-2-3-15(12-14)13-20-10-8-17(9-11-20)16-4-6-18(19)7-5-16/h4-7,14-15,17H,2-3,8-13H2,1H3/t14?,15-/m1/s1. The van der Waals surface area contributed by atoms with E-state index in [0.29, 0.717) is 5.92 Å². The summed E-state index contributed by atoms with van der Waals surface area (Å²) >= 11 is 0. The molecule has 0 bridgehead atoms. The Balaban J connectivity index is 1.48. The van der Waals surface area contributed by atoms with Crippen LogP contribution in [0.15, 0.2) is 24.3 Å². The number of hydrogen-bond donors (Lipinski definition) is 0. The second kappa shape index (κ2) is 6.26. The predicted molar refractivity (Wildman–Crippen MR) is 81.3 cm³/mol. The molecule has 1 saturated carbocycles. The maximum Gasteiger partial charge on any atom is 0.123 e. The van der Waals surface area contributed by atoms with Crippen LogP contribution in [0.1, 0.15) is 50.5 Å². The average molecular weight is 275 g/mol. The van der Waals surface area contributed by atoms with Crippen LogP contribution in [0.4, 0.5) is 4.39 Å². The Morgan fingerprint density at radius 1 is 1.05 bits per heavy atom. The van der Waals surface area contributed by atoms with Gasteiger partial charge in [0, 0.05) is 6.54 Å². The topological polar surface area (TPSA) is 3.24 Å². The van der Waals surface area contributed by atoms with E-state index in [1.54, 1.807) is 12.1 Å². The molecule has 0 radical (unpaired) electrons. The van der Waals surface area contributed by atoms with Gasteiger partial charge in [0.05, 0.1) is 0 Å². The first-order valence-corrected chi connectivity index (χ1v) is 8.18. The molecule has 2 fully saturated rings. The van der Waals surface area contributed by atoms with Gasteiger partial charge in [0.25, 0.3) is 0 Å². The largest absolute Gasteiger partial charge is 0.303 e. The molecule has 1 aromatic rings. The van der Waals surface area contributed by atoms with Crippen molar-refractivity contribution in [1.82, 2.24) is 4.90 Å². The van der Waals surface area contributed by atoms with Crippen molar-refractivity contribution >= 4 is 0 Å². The second-order valence-corrected chi connectivity index (χ2v) is 6.91. The highest BCUT2D eigenvalue weighted by Crippen LogP contribution is 2.33. The first-order valence-electron chi connectivity index (χ1n) is 8.18. The van der Waals surface area contributed by atoms with Gasteiger partial charge in [0.2, 0.25) is 0 Å². The number of benzene rings is 1. The lowest BCUT2D eigenvalue weighted by Crippen LogP contribution is -2.36. The summed E-state index contributed by atoms with van der Waals surface area (Å²) in [4.78, 5) is 2.66. The Morgan fingerprint density at radius 3 is 2.35 bits per heavy atom. The zero-order valence-electron chi connectivity index (χ0n) is 12.5. The first-order chi connectivity index (χ1) is 9.70. The molecule has 3 rings (SSSR count). The van der Waals surface area contributed by atoms with Gasteiger partial charge in [0.1, 0.15) is 5.82 Å². The Labute approximate surface area is 122 Å². The highest BCUT2D eigenvalue weighted by atomic mass is 19.1. The quantitative estimate of drug-likeness (QED) is 0.788. The average Bonchev–Trinajstić information content (AvgIpc) is 2.86. The van der Waals surface area contributed by atoms with E-state index in [1.807, 2.05) is 12.1 Å². The first kappa shape index (κ1) is 14.1. The summed E-state index contributed by atoms with van der Waals surface area (Å²) in [5, 5.41) is 0. The molecule has 1 nitrogen and oxygen atoms in total. The molecule has 2 heteroatoms. The molecule has 0 amide bonds. The number of hydrogen-bond acceptors (Lipinski definition) is 1. The van der Waals surface area contributed by atoms with Crippen molar-refractivity contribution in [1.29, 1.82) is 0 Å². The van der Waals surface area contributed by atoms with Gasteiger partial charge < -0.3 is 4.90 Å². The fourth-order valence-electron chi connectivity index (χ4n) is 4.04. The Kier molecular flexibility index (Phi) is 4.40. The van der Waals surface area contributed by atoms with E-state index in [0.717, 1.165) is 11.8 Å². The summed E-state index contributed by atoms with van der Waals surface area (Å²) in [5.41, 5.74) is 1.32. The van der Waals surface area contributed by atoms with Crippen LogP contribution in [0.2, 0.25) is 0 Å². The highest BCUT2D eigenvalue weighted by Gasteiger charge is 2.26. The Morgan fingerprint density at radius 2 is 1.75 bits per heavy atom. The Hall–Kier alpha value is -0.890. The van der Waals surface area contributed by atoms with E-state index >= 15 is 0 Å².